The van der Waals surface area contributed by atoms with Crippen LogP contribution in [0.2, 0.25) is 5.02 Å². The van der Waals surface area contributed by atoms with Gasteiger partial charge < -0.3 is 15.4 Å². The van der Waals surface area contributed by atoms with Gasteiger partial charge >= 0.3 is 0 Å². The number of nitrogens with two attached hydrogens (primary N) is 1. The summed E-state index contributed by atoms with van der Waals surface area (Å²) in [6.07, 6.45) is -0.364. The normalized spacial score (nSPS) is 16.0. The lowest BCUT2D eigenvalue weighted by atomic mass is 10.1. The Hall–Kier alpha value is -3.25. The maximum Gasteiger partial charge on any atom is 0.202 e. The van der Waals surface area contributed by atoms with Crippen molar-refractivity contribution >= 4 is 34.3 Å². The van der Waals surface area contributed by atoms with Gasteiger partial charge in [0, 0.05) is 19.1 Å². The van der Waals surface area contributed by atoms with Gasteiger partial charge in [-0.05, 0) is 52.2 Å². The van der Waals surface area contributed by atoms with Gasteiger partial charge in [-0.2, -0.15) is 0 Å². The molecule has 0 amide bonds. The van der Waals surface area contributed by atoms with Crippen molar-refractivity contribution in [3.8, 4) is 5.75 Å². The lowest BCUT2D eigenvalue weighted by molar-refractivity contribution is 0.306. The molecule has 0 radical (unpaired) electrons. The lowest BCUT2D eigenvalue weighted by Gasteiger charge is -2.23. The molecule has 0 spiro atoms. The van der Waals surface area contributed by atoms with E-state index in [1.807, 2.05) is 67.5 Å². The largest absolute Gasteiger partial charge is 0.489 e. The number of halogens is 1. The van der Waals surface area contributed by atoms with Crippen molar-refractivity contribution in [2.75, 3.05) is 14.1 Å². The second kappa shape index (κ2) is 8.01. The molecule has 0 aromatic heterocycles. The van der Waals surface area contributed by atoms with E-state index in [2.05, 4.69) is 27.4 Å². The van der Waals surface area contributed by atoms with Gasteiger partial charge in [-0.25, -0.2) is 9.98 Å². The highest BCUT2D eigenvalue weighted by Gasteiger charge is 2.18. The first-order valence-electron chi connectivity index (χ1n) is 9.24. The number of nitrogens with zero attached hydrogens (tertiary/aromatic N) is 3. The highest BCUT2D eigenvalue weighted by atomic mass is 35.5. The van der Waals surface area contributed by atoms with Gasteiger partial charge in [0.25, 0.3) is 0 Å². The minimum absolute atomic E-state index is 0.360. The summed E-state index contributed by atoms with van der Waals surface area (Å²) in [6.45, 7) is 0.468. The van der Waals surface area contributed by atoms with E-state index >= 15 is 0 Å². The monoisotopic (exact) mass is 407 g/mol. The molecule has 7 heteroatoms. The summed E-state index contributed by atoms with van der Waals surface area (Å²) >= 11 is 6.03. The molecule has 1 heterocycles. The first kappa shape index (κ1) is 19.1. The van der Waals surface area contributed by atoms with Gasteiger partial charge in [0.15, 0.2) is 12.1 Å². The van der Waals surface area contributed by atoms with Crippen LogP contribution >= 0.6 is 11.6 Å². The predicted octanol–water partition coefficient (Wildman–Crippen LogP) is 3.91. The molecule has 0 saturated heterocycles. The number of rotatable bonds is 4. The Kier molecular flexibility index (Phi) is 5.27. The van der Waals surface area contributed by atoms with Gasteiger partial charge in [-0.1, -0.05) is 41.9 Å². The van der Waals surface area contributed by atoms with Crippen LogP contribution in [0.25, 0.3) is 10.8 Å². The fraction of sp³-hybridized carbons (Fsp3) is 0.182. The Morgan fingerprint density at radius 2 is 1.83 bits per heavy atom. The van der Waals surface area contributed by atoms with E-state index in [1.165, 1.54) is 0 Å². The number of benzene rings is 3. The molecule has 4 rings (SSSR count). The van der Waals surface area contributed by atoms with Crippen LogP contribution in [0.1, 0.15) is 17.3 Å². The predicted molar refractivity (Wildman–Crippen MR) is 118 cm³/mol. The third-order valence-corrected chi connectivity index (χ3v) is 4.83. The van der Waals surface area contributed by atoms with Crippen molar-refractivity contribution in [1.29, 1.82) is 0 Å². The van der Waals surface area contributed by atoms with Crippen LogP contribution < -0.4 is 15.8 Å². The van der Waals surface area contributed by atoms with Crippen LogP contribution in [0.4, 0.5) is 0 Å². The minimum atomic E-state index is -0.364. The van der Waals surface area contributed by atoms with Gasteiger partial charge in [-0.3, -0.25) is 5.32 Å². The molecule has 3 N–H and O–H groups in total. The van der Waals surface area contributed by atoms with Gasteiger partial charge in [0.2, 0.25) is 5.96 Å². The van der Waals surface area contributed by atoms with Crippen molar-refractivity contribution in [1.82, 2.24) is 10.2 Å². The Balaban J connectivity index is 1.55. The van der Waals surface area contributed by atoms with E-state index in [4.69, 9.17) is 22.1 Å². The molecule has 148 valence electrons. The molecule has 3 aromatic carbocycles. The van der Waals surface area contributed by atoms with Gasteiger partial charge in [0.05, 0.1) is 0 Å². The Bertz CT molecular complexity index is 1110. The summed E-state index contributed by atoms with van der Waals surface area (Å²) in [7, 11) is 3.82. The smallest absolute Gasteiger partial charge is 0.202 e. The summed E-state index contributed by atoms with van der Waals surface area (Å²) in [5.41, 5.74) is 7.93. The third-order valence-electron chi connectivity index (χ3n) is 4.60. The first-order valence-corrected chi connectivity index (χ1v) is 9.62. The molecule has 0 fully saturated rings. The van der Waals surface area contributed by atoms with Crippen molar-refractivity contribution < 1.29 is 4.74 Å². The second-order valence-corrected chi connectivity index (χ2v) is 7.48. The number of hydrogen-bond donors (Lipinski definition) is 2. The van der Waals surface area contributed by atoms with Gasteiger partial charge in [0.1, 0.15) is 12.4 Å². The minimum Gasteiger partial charge on any atom is -0.489 e. The van der Waals surface area contributed by atoms with E-state index in [1.54, 1.807) is 0 Å². The van der Waals surface area contributed by atoms with E-state index in [-0.39, 0.29) is 6.17 Å². The van der Waals surface area contributed by atoms with Crippen molar-refractivity contribution in [2.24, 2.45) is 15.7 Å². The van der Waals surface area contributed by atoms with Crippen molar-refractivity contribution in [3.05, 3.63) is 76.8 Å². The van der Waals surface area contributed by atoms with Crippen LogP contribution in [-0.4, -0.2) is 30.9 Å². The Morgan fingerprint density at radius 1 is 1.03 bits per heavy atom. The zero-order valence-corrected chi connectivity index (χ0v) is 17.0. The maximum absolute atomic E-state index is 6.03. The molecule has 0 saturated carbocycles. The third kappa shape index (κ3) is 4.43. The number of ether oxygens (including phenoxy) is 1. The number of hydrogen-bond acceptors (Lipinski definition) is 6. The summed E-state index contributed by atoms with van der Waals surface area (Å²) < 4.78 is 5.92. The average molecular weight is 408 g/mol. The van der Waals surface area contributed by atoms with Crippen molar-refractivity contribution in [2.45, 2.75) is 12.8 Å². The van der Waals surface area contributed by atoms with Gasteiger partial charge in [-0.15, -0.1) is 0 Å². The SMILES string of the molecule is CN(C)C1=NC(c2ccc3cc(OCc4cccc(Cl)c4)ccc3c2)N=C(N)N1. The standard InChI is InChI=1S/C22H22ClN5O/c1-28(2)22-26-20(25-21(24)27-22)17-7-6-16-12-19(9-8-15(16)11-17)29-13-14-4-3-5-18(23)10-14/h3-12,20H,13H2,1-2H3,(H3,24,25,26,27). The van der Waals surface area contributed by atoms with E-state index in [0.717, 1.165) is 27.6 Å². The summed E-state index contributed by atoms with van der Waals surface area (Å²) in [5.74, 6) is 1.85. The summed E-state index contributed by atoms with van der Waals surface area (Å²) in [5, 5.41) is 5.85. The van der Waals surface area contributed by atoms with Crippen LogP contribution in [0, 0.1) is 0 Å². The quantitative estimate of drug-likeness (QED) is 0.687. The van der Waals surface area contributed by atoms with Crippen LogP contribution in [0.15, 0.2) is 70.6 Å². The van der Waals surface area contributed by atoms with E-state index in [9.17, 15) is 0 Å². The molecular formula is C22H22ClN5O. The van der Waals surface area contributed by atoms with Crippen molar-refractivity contribution in [3.63, 3.8) is 0 Å². The molecule has 1 unspecified atom stereocenters. The fourth-order valence-corrected chi connectivity index (χ4v) is 3.33. The maximum atomic E-state index is 6.03. The highest BCUT2D eigenvalue weighted by molar-refractivity contribution is 6.30. The summed E-state index contributed by atoms with van der Waals surface area (Å²) in [4.78, 5) is 10.9. The number of nitrogens with one attached hydrogen (secondary N) is 1. The van der Waals surface area contributed by atoms with Crippen LogP contribution in [0.5, 0.6) is 5.75 Å². The molecule has 0 bridgehead atoms. The molecule has 1 aliphatic rings. The van der Waals surface area contributed by atoms with E-state index in [0.29, 0.717) is 23.5 Å². The topological polar surface area (TPSA) is 75.2 Å². The first-order chi connectivity index (χ1) is 14.0. The van der Waals surface area contributed by atoms with E-state index < -0.39 is 0 Å². The lowest BCUT2D eigenvalue weighted by Crippen LogP contribution is -2.46. The average Bonchev–Trinajstić information content (AvgIpc) is 2.71. The van der Waals surface area contributed by atoms with Crippen LogP contribution in [-0.2, 0) is 6.61 Å². The Labute approximate surface area is 174 Å². The molecule has 1 aliphatic heterocycles. The zero-order valence-electron chi connectivity index (χ0n) is 16.3. The Morgan fingerprint density at radius 3 is 2.62 bits per heavy atom. The molecular weight excluding hydrogens is 386 g/mol. The van der Waals surface area contributed by atoms with Crippen LogP contribution in [0.3, 0.4) is 0 Å². The molecule has 0 aliphatic carbocycles. The fourth-order valence-electron chi connectivity index (χ4n) is 3.12. The second-order valence-electron chi connectivity index (χ2n) is 7.05. The number of guanidine groups is 2. The molecule has 1 atom stereocenters. The molecule has 29 heavy (non-hydrogen) atoms. The number of aliphatic imine (C=N–C) groups is 2. The zero-order chi connectivity index (χ0) is 20.4. The number of fused-ring (bicyclic) bond motifs is 1. The summed E-state index contributed by atoms with van der Waals surface area (Å²) in [6, 6.07) is 19.9. The molecule has 6 nitrogen and oxygen atoms in total. The molecule has 3 aromatic rings. The highest BCUT2D eigenvalue weighted by Crippen LogP contribution is 2.28.